The van der Waals surface area contributed by atoms with Gasteiger partial charge in [-0.1, -0.05) is 0 Å². The van der Waals surface area contributed by atoms with Crippen molar-refractivity contribution in [1.29, 1.82) is 0 Å². The fourth-order valence-electron chi connectivity index (χ4n) is 1.05. The normalized spacial score (nSPS) is 11.8. The molecule has 6 heteroatoms. The van der Waals surface area contributed by atoms with E-state index in [1.165, 1.54) is 12.3 Å². The van der Waals surface area contributed by atoms with Gasteiger partial charge in [-0.25, -0.2) is 8.42 Å². The maximum absolute atomic E-state index is 11.1. The molecule has 14 heavy (non-hydrogen) atoms. The van der Waals surface area contributed by atoms with Crippen LogP contribution >= 0.6 is 0 Å². The maximum Gasteiger partial charge on any atom is 0.178 e. The lowest BCUT2D eigenvalue weighted by Crippen LogP contribution is -1.93. The Bertz CT molecular complexity index is 525. The molecule has 0 aliphatic rings. The van der Waals surface area contributed by atoms with Gasteiger partial charge in [0.2, 0.25) is 0 Å². The van der Waals surface area contributed by atoms with Crippen LogP contribution < -0.4 is 0 Å². The maximum atomic E-state index is 11.1. The van der Waals surface area contributed by atoms with Gasteiger partial charge in [0, 0.05) is 18.5 Å². The molecule has 0 amide bonds. The van der Waals surface area contributed by atoms with Gasteiger partial charge in [0.15, 0.2) is 15.6 Å². The molecule has 0 saturated carbocycles. The van der Waals surface area contributed by atoms with E-state index in [0.29, 0.717) is 11.5 Å². The molecular weight excluding hydrogens is 204 g/mol. The summed E-state index contributed by atoms with van der Waals surface area (Å²) in [5.41, 5.74) is 0.653. The van der Waals surface area contributed by atoms with E-state index in [4.69, 9.17) is 4.42 Å². The van der Waals surface area contributed by atoms with Gasteiger partial charge in [-0.15, -0.1) is 0 Å². The Morgan fingerprint density at radius 3 is 2.79 bits per heavy atom. The second kappa shape index (κ2) is 2.98. The molecule has 0 radical (unpaired) electrons. The number of aromatic nitrogens is 2. The van der Waals surface area contributed by atoms with Gasteiger partial charge in [-0.3, -0.25) is 5.10 Å². The number of aromatic amines is 1. The van der Waals surface area contributed by atoms with Crippen LogP contribution in [0.25, 0.3) is 11.5 Å². The second-order valence-corrected chi connectivity index (χ2v) is 4.90. The Morgan fingerprint density at radius 1 is 1.50 bits per heavy atom. The molecule has 2 rings (SSSR count). The largest absolute Gasteiger partial charge is 0.461 e. The Hall–Kier alpha value is -1.56. The van der Waals surface area contributed by atoms with E-state index in [9.17, 15) is 8.42 Å². The summed E-state index contributed by atoms with van der Waals surface area (Å²) in [5.74, 6) is 0.461. The van der Waals surface area contributed by atoms with Gasteiger partial charge in [0.05, 0.1) is 0 Å². The third-order valence-electron chi connectivity index (χ3n) is 1.77. The molecule has 0 atom stereocenters. The standard InChI is InChI=1S/C8H8N2O3S/c1-14(11,12)6-4-8(13-5-6)7-2-3-9-10-7/h2-5H,1H3,(H,9,10). The van der Waals surface area contributed by atoms with Gasteiger partial charge in [-0.2, -0.15) is 5.10 Å². The molecule has 0 fully saturated rings. The van der Waals surface area contributed by atoms with Crippen LogP contribution in [0.3, 0.4) is 0 Å². The first-order chi connectivity index (χ1) is 6.57. The summed E-state index contributed by atoms with van der Waals surface area (Å²) in [4.78, 5) is 0.169. The number of sulfone groups is 1. The van der Waals surface area contributed by atoms with E-state index in [2.05, 4.69) is 10.2 Å². The van der Waals surface area contributed by atoms with Gasteiger partial charge < -0.3 is 4.42 Å². The van der Waals surface area contributed by atoms with Crippen LogP contribution in [0.1, 0.15) is 0 Å². The summed E-state index contributed by atoms with van der Waals surface area (Å²) in [6, 6.07) is 3.16. The zero-order valence-corrected chi connectivity index (χ0v) is 8.21. The molecule has 74 valence electrons. The topological polar surface area (TPSA) is 76.0 Å². The summed E-state index contributed by atoms with van der Waals surface area (Å²) >= 11 is 0. The number of nitrogens with one attached hydrogen (secondary N) is 1. The van der Waals surface area contributed by atoms with Gasteiger partial charge in [0.25, 0.3) is 0 Å². The van der Waals surface area contributed by atoms with Crippen molar-refractivity contribution in [2.75, 3.05) is 6.26 Å². The Morgan fingerprint density at radius 2 is 2.29 bits per heavy atom. The predicted molar refractivity (Wildman–Crippen MR) is 49.4 cm³/mol. The number of nitrogens with zero attached hydrogens (tertiary/aromatic N) is 1. The second-order valence-electron chi connectivity index (χ2n) is 2.89. The molecule has 0 unspecified atom stereocenters. The minimum atomic E-state index is -3.20. The number of furan rings is 1. The third-order valence-corrected chi connectivity index (χ3v) is 2.84. The molecule has 5 nitrogen and oxygen atoms in total. The predicted octanol–water partition coefficient (Wildman–Crippen LogP) is 1.07. The SMILES string of the molecule is CS(=O)(=O)c1coc(-c2ccn[nH]2)c1. The van der Waals surface area contributed by atoms with Crippen LogP contribution in [0.5, 0.6) is 0 Å². The summed E-state index contributed by atoms with van der Waals surface area (Å²) in [5, 5.41) is 6.42. The smallest absolute Gasteiger partial charge is 0.178 e. The zero-order chi connectivity index (χ0) is 10.2. The average molecular weight is 212 g/mol. The van der Waals surface area contributed by atoms with Crippen LogP contribution in [0.4, 0.5) is 0 Å². The van der Waals surface area contributed by atoms with Crippen LogP contribution in [0, 0.1) is 0 Å². The number of rotatable bonds is 2. The highest BCUT2D eigenvalue weighted by Crippen LogP contribution is 2.21. The van der Waals surface area contributed by atoms with Crippen LogP contribution in [0.15, 0.2) is 33.9 Å². The average Bonchev–Trinajstić information content (AvgIpc) is 2.73. The lowest BCUT2D eigenvalue weighted by atomic mass is 10.3. The number of H-pyrrole nitrogens is 1. The van der Waals surface area contributed by atoms with E-state index < -0.39 is 9.84 Å². The molecule has 0 saturated heterocycles. The highest BCUT2D eigenvalue weighted by Gasteiger charge is 2.12. The van der Waals surface area contributed by atoms with Crippen LogP contribution in [-0.4, -0.2) is 24.9 Å². The summed E-state index contributed by atoms with van der Waals surface area (Å²) in [6.45, 7) is 0. The minimum absolute atomic E-state index is 0.169. The summed E-state index contributed by atoms with van der Waals surface area (Å²) in [7, 11) is -3.20. The van der Waals surface area contributed by atoms with E-state index in [1.54, 1.807) is 12.3 Å². The van der Waals surface area contributed by atoms with Gasteiger partial charge >= 0.3 is 0 Å². The first-order valence-electron chi connectivity index (χ1n) is 3.86. The zero-order valence-electron chi connectivity index (χ0n) is 7.39. The third kappa shape index (κ3) is 1.56. The number of hydrogen-bond acceptors (Lipinski definition) is 4. The molecule has 2 aromatic heterocycles. The van der Waals surface area contributed by atoms with Crippen molar-refractivity contribution in [1.82, 2.24) is 10.2 Å². The quantitative estimate of drug-likeness (QED) is 0.807. The molecular formula is C8H8N2O3S. The summed E-state index contributed by atoms with van der Waals surface area (Å²) < 4.78 is 27.3. The molecule has 0 spiro atoms. The van der Waals surface area contributed by atoms with Gasteiger partial charge in [0.1, 0.15) is 16.9 Å². The molecule has 2 aromatic rings. The van der Waals surface area contributed by atoms with Crippen molar-refractivity contribution in [3.63, 3.8) is 0 Å². The lowest BCUT2D eigenvalue weighted by molar-refractivity contribution is 0.567. The Balaban J connectivity index is 2.46. The van der Waals surface area contributed by atoms with Gasteiger partial charge in [-0.05, 0) is 6.07 Å². The lowest BCUT2D eigenvalue weighted by Gasteiger charge is -1.87. The van der Waals surface area contributed by atoms with Crippen molar-refractivity contribution < 1.29 is 12.8 Å². The van der Waals surface area contributed by atoms with Crippen LogP contribution in [-0.2, 0) is 9.84 Å². The molecule has 0 aliphatic carbocycles. The Labute approximate surface area is 80.7 Å². The first-order valence-corrected chi connectivity index (χ1v) is 5.75. The highest BCUT2D eigenvalue weighted by atomic mass is 32.2. The minimum Gasteiger partial charge on any atom is -0.461 e. The van der Waals surface area contributed by atoms with E-state index in [1.807, 2.05) is 0 Å². The molecule has 0 bridgehead atoms. The fraction of sp³-hybridized carbons (Fsp3) is 0.125. The monoisotopic (exact) mass is 212 g/mol. The number of hydrogen-bond donors (Lipinski definition) is 1. The van der Waals surface area contributed by atoms with E-state index in [0.717, 1.165) is 6.26 Å². The van der Waals surface area contributed by atoms with Crippen molar-refractivity contribution in [2.45, 2.75) is 4.90 Å². The highest BCUT2D eigenvalue weighted by molar-refractivity contribution is 7.90. The molecule has 1 N–H and O–H groups in total. The molecule has 0 aliphatic heterocycles. The van der Waals surface area contributed by atoms with Crippen molar-refractivity contribution in [3.05, 3.63) is 24.6 Å². The fourth-order valence-corrected chi connectivity index (χ4v) is 1.59. The summed E-state index contributed by atoms with van der Waals surface area (Å²) in [6.07, 6.45) is 3.91. The van der Waals surface area contributed by atoms with Crippen molar-refractivity contribution in [2.24, 2.45) is 0 Å². The van der Waals surface area contributed by atoms with Crippen molar-refractivity contribution >= 4 is 9.84 Å². The van der Waals surface area contributed by atoms with Crippen molar-refractivity contribution in [3.8, 4) is 11.5 Å². The Kier molecular flexibility index (Phi) is 1.92. The van der Waals surface area contributed by atoms with Crippen LogP contribution in [0.2, 0.25) is 0 Å². The van der Waals surface area contributed by atoms with E-state index in [-0.39, 0.29) is 4.90 Å². The molecule has 2 heterocycles. The molecule has 0 aromatic carbocycles. The first kappa shape index (κ1) is 9.01. The van der Waals surface area contributed by atoms with E-state index >= 15 is 0 Å².